The third-order valence-electron chi connectivity index (χ3n) is 1.26. The monoisotopic (exact) mass is 178 g/mol. The average Bonchev–Trinajstić information content (AvgIpc) is 2.03. The Balaban J connectivity index is 2.74. The molecule has 0 aliphatic carbocycles. The molecule has 0 fully saturated rings. The Morgan fingerprint density at radius 2 is 2.27 bits per heavy atom. The van der Waals surface area contributed by atoms with E-state index in [0.717, 1.165) is 38.6 Å². The minimum absolute atomic E-state index is 0.176. The highest BCUT2D eigenvalue weighted by atomic mass is 31.1. The van der Waals surface area contributed by atoms with Crippen LogP contribution in [0.3, 0.4) is 0 Å². The van der Waals surface area contributed by atoms with Crippen LogP contribution in [-0.2, 0) is 9.40 Å². The standard InChI is InChI=1S/C7H16NO2P/c1-2-3-6-10-8-5-4-7-11-9/h8H,2-7H2,1H3/p+1. The highest BCUT2D eigenvalue weighted by Crippen LogP contribution is 1.92. The summed E-state index contributed by atoms with van der Waals surface area (Å²) < 4.78 is 10.0. The van der Waals surface area contributed by atoms with Crippen LogP contribution in [-0.4, -0.2) is 19.3 Å². The lowest BCUT2D eigenvalue weighted by atomic mass is 10.4. The quantitative estimate of drug-likeness (QED) is 0.349. The van der Waals surface area contributed by atoms with E-state index in [1.54, 1.807) is 0 Å². The van der Waals surface area contributed by atoms with Crippen LogP contribution in [0.15, 0.2) is 0 Å². The van der Waals surface area contributed by atoms with Crippen molar-refractivity contribution in [3.8, 4) is 0 Å². The molecule has 1 atom stereocenters. The summed E-state index contributed by atoms with van der Waals surface area (Å²) in [5.41, 5.74) is 2.82. The molecule has 0 aliphatic heterocycles. The zero-order chi connectivity index (χ0) is 8.36. The lowest BCUT2D eigenvalue weighted by molar-refractivity contribution is 0.0397. The molecule has 1 N–H and O–H groups in total. The fraction of sp³-hybridized carbons (Fsp3) is 1.00. The van der Waals surface area contributed by atoms with Crippen molar-refractivity contribution in [1.29, 1.82) is 0 Å². The number of hydrogen-bond donors (Lipinski definition) is 1. The predicted molar refractivity (Wildman–Crippen MR) is 47.3 cm³/mol. The highest BCUT2D eigenvalue weighted by Gasteiger charge is 1.91. The Morgan fingerprint density at radius 1 is 1.45 bits per heavy atom. The van der Waals surface area contributed by atoms with Crippen LogP contribution >= 0.6 is 8.46 Å². The van der Waals surface area contributed by atoms with Gasteiger partial charge in [-0.05, 0) is 6.42 Å². The summed E-state index contributed by atoms with van der Waals surface area (Å²) in [5, 5.41) is 0. The van der Waals surface area contributed by atoms with Crippen molar-refractivity contribution in [1.82, 2.24) is 5.48 Å². The van der Waals surface area contributed by atoms with Crippen LogP contribution in [0.2, 0.25) is 0 Å². The molecule has 0 bridgehead atoms. The van der Waals surface area contributed by atoms with Gasteiger partial charge in [-0.15, -0.1) is 0 Å². The number of rotatable bonds is 8. The maximum absolute atomic E-state index is 10.0. The predicted octanol–water partition coefficient (Wildman–Crippen LogP) is 1.72. The van der Waals surface area contributed by atoms with E-state index in [1.165, 1.54) is 0 Å². The molecule has 11 heavy (non-hydrogen) atoms. The molecule has 4 heteroatoms. The van der Waals surface area contributed by atoms with E-state index in [-0.39, 0.29) is 8.46 Å². The Morgan fingerprint density at radius 3 is 2.91 bits per heavy atom. The van der Waals surface area contributed by atoms with E-state index in [1.807, 2.05) is 0 Å². The molecule has 3 nitrogen and oxygen atoms in total. The van der Waals surface area contributed by atoms with Gasteiger partial charge in [0.25, 0.3) is 0 Å². The van der Waals surface area contributed by atoms with Gasteiger partial charge in [0.05, 0.1) is 6.61 Å². The number of nitrogens with one attached hydrogen (secondary N) is 1. The molecule has 0 saturated heterocycles. The second-order valence-electron chi connectivity index (χ2n) is 2.34. The zero-order valence-electron chi connectivity index (χ0n) is 7.06. The maximum atomic E-state index is 10.0. The van der Waals surface area contributed by atoms with Gasteiger partial charge in [0.2, 0.25) is 0 Å². The van der Waals surface area contributed by atoms with Crippen LogP contribution in [0, 0.1) is 0 Å². The van der Waals surface area contributed by atoms with E-state index >= 15 is 0 Å². The van der Waals surface area contributed by atoms with Crippen LogP contribution in [0.4, 0.5) is 0 Å². The first kappa shape index (κ1) is 11.0. The average molecular weight is 178 g/mol. The second kappa shape index (κ2) is 10.0. The van der Waals surface area contributed by atoms with Gasteiger partial charge in [-0.25, -0.2) is 5.48 Å². The molecule has 0 aromatic heterocycles. The van der Waals surface area contributed by atoms with Gasteiger partial charge in [-0.3, -0.25) is 0 Å². The van der Waals surface area contributed by atoms with Gasteiger partial charge < -0.3 is 4.84 Å². The Hall–Kier alpha value is 0.0200. The van der Waals surface area contributed by atoms with Gasteiger partial charge in [-0.2, -0.15) is 0 Å². The van der Waals surface area contributed by atoms with Gasteiger partial charge >= 0.3 is 8.46 Å². The summed E-state index contributed by atoms with van der Waals surface area (Å²) in [6.07, 6.45) is 3.94. The smallest absolute Gasteiger partial charge is 0.302 e. The minimum atomic E-state index is -0.176. The molecule has 0 heterocycles. The highest BCUT2D eigenvalue weighted by molar-refractivity contribution is 7.23. The molecule has 0 aromatic carbocycles. The first-order valence-electron chi connectivity index (χ1n) is 4.11. The molecule has 0 amide bonds. The van der Waals surface area contributed by atoms with Crippen LogP contribution in [0.5, 0.6) is 0 Å². The van der Waals surface area contributed by atoms with Gasteiger partial charge in [0, 0.05) is 13.0 Å². The van der Waals surface area contributed by atoms with E-state index in [2.05, 4.69) is 12.4 Å². The van der Waals surface area contributed by atoms with E-state index < -0.39 is 0 Å². The third-order valence-corrected chi connectivity index (χ3v) is 1.82. The number of unbranched alkanes of at least 4 members (excludes halogenated alkanes) is 1. The number of hydrogen-bond acceptors (Lipinski definition) is 3. The summed E-state index contributed by atoms with van der Waals surface area (Å²) in [5.74, 6) is 0. The largest absolute Gasteiger partial charge is 0.324 e. The summed E-state index contributed by atoms with van der Waals surface area (Å²) in [7, 11) is -0.176. The summed E-state index contributed by atoms with van der Waals surface area (Å²) in [4.78, 5) is 5.07. The lowest BCUT2D eigenvalue weighted by Crippen LogP contribution is -2.16. The van der Waals surface area contributed by atoms with E-state index in [9.17, 15) is 4.57 Å². The van der Waals surface area contributed by atoms with Crippen molar-refractivity contribution >= 4 is 8.46 Å². The SMILES string of the molecule is CCCCONCCC[PH+]=O. The molecular formula is C7H17NO2P+. The van der Waals surface area contributed by atoms with Crippen LogP contribution < -0.4 is 5.48 Å². The summed E-state index contributed by atoms with van der Waals surface area (Å²) in [6.45, 7) is 3.71. The topological polar surface area (TPSA) is 38.3 Å². The maximum Gasteiger partial charge on any atom is 0.324 e. The summed E-state index contributed by atoms with van der Waals surface area (Å²) in [6, 6.07) is 0. The molecule has 0 aromatic rings. The van der Waals surface area contributed by atoms with Gasteiger partial charge in [0.1, 0.15) is 6.16 Å². The molecule has 66 valence electrons. The molecule has 0 rings (SSSR count). The molecular weight excluding hydrogens is 161 g/mol. The fourth-order valence-electron chi connectivity index (χ4n) is 0.594. The van der Waals surface area contributed by atoms with Crippen LogP contribution in [0.25, 0.3) is 0 Å². The van der Waals surface area contributed by atoms with Gasteiger partial charge in [0.15, 0.2) is 0 Å². The van der Waals surface area contributed by atoms with E-state index in [4.69, 9.17) is 4.84 Å². The first-order chi connectivity index (χ1) is 5.41. The van der Waals surface area contributed by atoms with Crippen molar-refractivity contribution in [3.63, 3.8) is 0 Å². The van der Waals surface area contributed by atoms with Gasteiger partial charge in [-0.1, -0.05) is 17.9 Å². The van der Waals surface area contributed by atoms with Crippen LogP contribution in [0.1, 0.15) is 26.2 Å². The molecule has 0 radical (unpaired) electrons. The molecule has 0 spiro atoms. The van der Waals surface area contributed by atoms with Crippen molar-refractivity contribution in [2.75, 3.05) is 19.3 Å². The zero-order valence-corrected chi connectivity index (χ0v) is 8.06. The van der Waals surface area contributed by atoms with Crippen molar-refractivity contribution in [3.05, 3.63) is 0 Å². The van der Waals surface area contributed by atoms with Crippen molar-refractivity contribution in [2.45, 2.75) is 26.2 Å². The number of hydroxylamine groups is 1. The normalized spacial score (nSPS) is 10.6. The molecule has 0 aliphatic rings. The van der Waals surface area contributed by atoms with Crippen molar-refractivity contribution < 1.29 is 9.40 Å². The van der Waals surface area contributed by atoms with Crippen molar-refractivity contribution in [2.24, 2.45) is 0 Å². The Labute approximate surface area is 69.7 Å². The minimum Gasteiger partial charge on any atom is -0.302 e. The third kappa shape index (κ3) is 10.0. The second-order valence-corrected chi connectivity index (χ2v) is 3.13. The Bertz CT molecular complexity index is 90.5. The summed E-state index contributed by atoms with van der Waals surface area (Å²) >= 11 is 0. The molecule has 1 unspecified atom stereocenters. The fourth-order valence-corrected chi connectivity index (χ4v) is 0.915. The molecule has 0 saturated carbocycles. The lowest BCUT2D eigenvalue weighted by Gasteiger charge is -2.01. The first-order valence-corrected chi connectivity index (χ1v) is 5.23. The Kier molecular flexibility index (Phi) is 10.0. The van der Waals surface area contributed by atoms with E-state index in [0.29, 0.717) is 0 Å².